The van der Waals surface area contributed by atoms with Crippen LogP contribution in [0.25, 0.3) is 6.08 Å². The Morgan fingerprint density at radius 3 is 2.70 bits per heavy atom. The lowest BCUT2D eigenvalue weighted by Gasteiger charge is -2.15. The summed E-state index contributed by atoms with van der Waals surface area (Å²) in [6.07, 6.45) is 3.90. The van der Waals surface area contributed by atoms with E-state index in [0.717, 1.165) is 10.4 Å². The first-order valence-electron chi connectivity index (χ1n) is 6.45. The molecule has 1 amide bonds. The minimum atomic E-state index is -0.266. The summed E-state index contributed by atoms with van der Waals surface area (Å²) in [6, 6.07) is 13.4. The summed E-state index contributed by atoms with van der Waals surface area (Å²) >= 11 is 1.58. The van der Waals surface area contributed by atoms with E-state index < -0.39 is 0 Å². The summed E-state index contributed by atoms with van der Waals surface area (Å²) < 4.78 is 0. The molecule has 1 atom stereocenters. The Hall–Kier alpha value is -1.91. The second-order valence-corrected chi connectivity index (χ2v) is 5.41. The van der Waals surface area contributed by atoms with Gasteiger partial charge in [-0.05, 0) is 29.5 Å². The highest BCUT2D eigenvalue weighted by molar-refractivity contribution is 7.10. The number of rotatable bonds is 6. The summed E-state index contributed by atoms with van der Waals surface area (Å²) in [6.45, 7) is -0.0759. The highest BCUT2D eigenvalue weighted by Gasteiger charge is 2.10. The zero-order chi connectivity index (χ0) is 14.2. The molecule has 2 N–H and O–H groups in total. The predicted octanol–water partition coefficient (Wildman–Crippen LogP) is 2.48. The maximum Gasteiger partial charge on any atom is 0.244 e. The Balaban J connectivity index is 1.88. The number of hydrogen-bond acceptors (Lipinski definition) is 3. The van der Waals surface area contributed by atoms with E-state index in [4.69, 9.17) is 0 Å². The van der Waals surface area contributed by atoms with Crippen molar-refractivity contribution in [2.45, 2.75) is 12.5 Å². The molecule has 2 rings (SSSR count). The quantitative estimate of drug-likeness (QED) is 0.802. The average molecular weight is 287 g/mol. The molecule has 0 unspecified atom stereocenters. The van der Waals surface area contributed by atoms with Crippen molar-refractivity contribution < 1.29 is 9.90 Å². The minimum Gasteiger partial charge on any atom is -0.394 e. The van der Waals surface area contributed by atoms with Crippen LogP contribution in [0.15, 0.2) is 53.9 Å². The Kier molecular flexibility index (Phi) is 5.53. The molecule has 0 saturated carbocycles. The zero-order valence-electron chi connectivity index (χ0n) is 11.0. The third-order valence-electron chi connectivity index (χ3n) is 2.83. The van der Waals surface area contributed by atoms with Crippen molar-refractivity contribution in [2.75, 3.05) is 6.61 Å². The van der Waals surface area contributed by atoms with Crippen molar-refractivity contribution in [3.05, 3.63) is 64.4 Å². The van der Waals surface area contributed by atoms with E-state index in [2.05, 4.69) is 5.32 Å². The highest BCUT2D eigenvalue weighted by Crippen LogP contribution is 2.10. The molecule has 0 fully saturated rings. The Bertz CT molecular complexity index is 549. The van der Waals surface area contributed by atoms with E-state index in [9.17, 15) is 9.90 Å². The standard InChI is InChI=1S/C16H17NO2S/c18-12-14(11-13-5-2-1-3-6-13)17-16(19)9-8-15-7-4-10-20-15/h1-10,14,18H,11-12H2,(H,17,19)/b9-8+/t14-/m0/s1. The fraction of sp³-hybridized carbons (Fsp3) is 0.188. The molecular formula is C16H17NO2S. The first-order chi connectivity index (χ1) is 9.78. The van der Waals surface area contributed by atoms with Crippen LogP contribution in [0, 0.1) is 0 Å². The van der Waals surface area contributed by atoms with Gasteiger partial charge in [0.1, 0.15) is 0 Å². The number of hydrogen-bond donors (Lipinski definition) is 2. The summed E-state index contributed by atoms with van der Waals surface area (Å²) in [5, 5.41) is 14.1. The third-order valence-corrected chi connectivity index (χ3v) is 3.67. The lowest BCUT2D eigenvalue weighted by Crippen LogP contribution is -2.38. The van der Waals surface area contributed by atoms with Crippen LogP contribution in [0.1, 0.15) is 10.4 Å². The molecule has 1 aromatic carbocycles. The number of carbonyl (C=O) groups excluding carboxylic acids is 1. The van der Waals surface area contributed by atoms with Crippen LogP contribution < -0.4 is 5.32 Å². The van der Waals surface area contributed by atoms with Gasteiger partial charge in [0.05, 0.1) is 12.6 Å². The van der Waals surface area contributed by atoms with E-state index in [1.54, 1.807) is 17.4 Å². The van der Waals surface area contributed by atoms with Crippen LogP contribution in [-0.4, -0.2) is 23.7 Å². The monoisotopic (exact) mass is 287 g/mol. The van der Waals surface area contributed by atoms with Crippen molar-refractivity contribution in [3.8, 4) is 0 Å². The van der Waals surface area contributed by atoms with Gasteiger partial charge in [-0.25, -0.2) is 0 Å². The molecule has 104 valence electrons. The van der Waals surface area contributed by atoms with Gasteiger partial charge in [0.2, 0.25) is 5.91 Å². The van der Waals surface area contributed by atoms with Gasteiger partial charge in [-0.3, -0.25) is 4.79 Å². The summed E-state index contributed by atoms with van der Waals surface area (Å²) in [5.74, 6) is -0.187. The minimum absolute atomic E-state index is 0.0759. The van der Waals surface area contributed by atoms with Crippen molar-refractivity contribution in [1.29, 1.82) is 0 Å². The van der Waals surface area contributed by atoms with Gasteiger partial charge in [0, 0.05) is 11.0 Å². The molecule has 0 saturated heterocycles. The number of carbonyl (C=O) groups is 1. The van der Waals surface area contributed by atoms with Crippen LogP contribution in [0.4, 0.5) is 0 Å². The molecule has 1 aromatic heterocycles. The normalized spacial score (nSPS) is 12.4. The molecular weight excluding hydrogens is 270 g/mol. The molecule has 0 aliphatic rings. The SMILES string of the molecule is O=C(/C=C/c1cccs1)N[C@H](CO)Cc1ccccc1. The van der Waals surface area contributed by atoms with Crippen LogP contribution in [0.2, 0.25) is 0 Å². The van der Waals surface area contributed by atoms with Crippen molar-refractivity contribution >= 4 is 23.3 Å². The van der Waals surface area contributed by atoms with Crippen LogP contribution in [0.5, 0.6) is 0 Å². The van der Waals surface area contributed by atoms with Gasteiger partial charge in [-0.1, -0.05) is 36.4 Å². The second-order valence-electron chi connectivity index (χ2n) is 4.43. The topological polar surface area (TPSA) is 49.3 Å². The maximum absolute atomic E-state index is 11.8. The van der Waals surface area contributed by atoms with E-state index in [0.29, 0.717) is 6.42 Å². The van der Waals surface area contributed by atoms with Gasteiger partial charge in [-0.2, -0.15) is 0 Å². The van der Waals surface area contributed by atoms with E-state index in [1.807, 2.05) is 47.8 Å². The predicted molar refractivity (Wildman–Crippen MR) is 82.5 cm³/mol. The lowest BCUT2D eigenvalue weighted by molar-refractivity contribution is -0.117. The number of benzene rings is 1. The Labute approximate surface area is 122 Å². The fourth-order valence-electron chi connectivity index (χ4n) is 1.85. The van der Waals surface area contributed by atoms with Crippen molar-refractivity contribution in [3.63, 3.8) is 0 Å². The number of nitrogens with one attached hydrogen (secondary N) is 1. The van der Waals surface area contributed by atoms with Crippen LogP contribution in [-0.2, 0) is 11.2 Å². The second kappa shape index (κ2) is 7.62. The van der Waals surface area contributed by atoms with Crippen molar-refractivity contribution in [1.82, 2.24) is 5.32 Å². The molecule has 0 bridgehead atoms. The van der Waals surface area contributed by atoms with Gasteiger partial charge in [-0.15, -0.1) is 11.3 Å². The molecule has 0 aliphatic carbocycles. The third kappa shape index (κ3) is 4.64. The van der Waals surface area contributed by atoms with Gasteiger partial charge in [0.15, 0.2) is 0 Å². The fourth-order valence-corrected chi connectivity index (χ4v) is 2.47. The number of aliphatic hydroxyl groups is 1. The number of amides is 1. The van der Waals surface area contributed by atoms with Gasteiger partial charge < -0.3 is 10.4 Å². The molecule has 0 spiro atoms. The number of thiophene rings is 1. The van der Waals surface area contributed by atoms with Crippen molar-refractivity contribution in [2.24, 2.45) is 0 Å². The lowest BCUT2D eigenvalue weighted by atomic mass is 10.1. The Morgan fingerprint density at radius 1 is 1.25 bits per heavy atom. The molecule has 3 nitrogen and oxygen atoms in total. The largest absolute Gasteiger partial charge is 0.394 e. The summed E-state index contributed by atoms with van der Waals surface area (Å²) in [5.41, 5.74) is 1.09. The number of aliphatic hydroxyl groups excluding tert-OH is 1. The molecule has 4 heteroatoms. The smallest absolute Gasteiger partial charge is 0.244 e. The van der Waals surface area contributed by atoms with E-state index >= 15 is 0 Å². The van der Waals surface area contributed by atoms with Gasteiger partial charge in [0.25, 0.3) is 0 Å². The molecule has 0 radical (unpaired) electrons. The summed E-state index contributed by atoms with van der Waals surface area (Å²) in [4.78, 5) is 12.8. The molecule has 1 heterocycles. The Morgan fingerprint density at radius 2 is 2.05 bits per heavy atom. The highest BCUT2D eigenvalue weighted by atomic mass is 32.1. The first kappa shape index (κ1) is 14.5. The molecule has 20 heavy (non-hydrogen) atoms. The zero-order valence-corrected chi connectivity index (χ0v) is 11.8. The van der Waals surface area contributed by atoms with E-state index in [-0.39, 0.29) is 18.6 Å². The maximum atomic E-state index is 11.8. The van der Waals surface area contributed by atoms with Gasteiger partial charge >= 0.3 is 0 Å². The van der Waals surface area contributed by atoms with Crippen LogP contribution >= 0.6 is 11.3 Å². The molecule has 0 aliphatic heterocycles. The summed E-state index contributed by atoms with van der Waals surface area (Å²) in [7, 11) is 0. The molecule has 2 aromatic rings. The van der Waals surface area contributed by atoms with Crippen LogP contribution in [0.3, 0.4) is 0 Å². The first-order valence-corrected chi connectivity index (χ1v) is 7.33. The van der Waals surface area contributed by atoms with E-state index in [1.165, 1.54) is 6.08 Å². The average Bonchev–Trinajstić information content (AvgIpc) is 2.99.